The van der Waals surface area contributed by atoms with Crippen molar-refractivity contribution in [3.8, 4) is 0 Å². The largest absolute Gasteiger partial charge is 0.349 e. The highest BCUT2D eigenvalue weighted by Gasteiger charge is 2.26. The molecule has 1 aromatic carbocycles. The molecule has 2 rings (SSSR count). The molecule has 1 saturated carbocycles. The summed E-state index contributed by atoms with van der Waals surface area (Å²) in [5.41, 5.74) is 0.740. The molecule has 1 amide bonds. The molecule has 0 heterocycles. The number of nitrogens with one attached hydrogen (secondary N) is 1. The van der Waals surface area contributed by atoms with E-state index < -0.39 is 0 Å². The molecular weight excluding hydrogens is 290 g/mol. The normalized spacial score (nSPS) is 27.8. The molecule has 1 aromatic rings. The van der Waals surface area contributed by atoms with Crippen molar-refractivity contribution in [3.05, 3.63) is 34.3 Å². The zero-order valence-electron chi connectivity index (χ0n) is 10.9. The van der Waals surface area contributed by atoms with Crippen LogP contribution < -0.4 is 5.32 Å². The van der Waals surface area contributed by atoms with E-state index in [0.717, 1.165) is 22.4 Å². The lowest BCUT2D eigenvalue weighted by Gasteiger charge is -2.33. The van der Waals surface area contributed by atoms with Crippen molar-refractivity contribution >= 4 is 21.8 Å². The highest BCUT2D eigenvalue weighted by atomic mass is 79.9. The smallest absolute Gasteiger partial charge is 0.251 e. The maximum atomic E-state index is 12.1. The molecule has 0 saturated heterocycles. The van der Waals surface area contributed by atoms with Crippen molar-refractivity contribution in [2.45, 2.75) is 39.2 Å². The Balaban J connectivity index is 1.97. The third-order valence-corrected chi connectivity index (χ3v) is 4.38. The van der Waals surface area contributed by atoms with E-state index in [9.17, 15) is 4.79 Å². The van der Waals surface area contributed by atoms with Crippen LogP contribution in [-0.4, -0.2) is 11.9 Å². The molecule has 98 valence electrons. The van der Waals surface area contributed by atoms with E-state index in [1.165, 1.54) is 12.8 Å². The van der Waals surface area contributed by atoms with E-state index in [4.69, 9.17) is 0 Å². The van der Waals surface area contributed by atoms with Crippen molar-refractivity contribution < 1.29 is 4.79 Å². The number of benzene rings is 1. The first-order chi connectivity index (χ1) is 8.56. The number of rotatable bonds is 2. The topological polar surface area (TPSA) is 29.1 Å². The summed E-state index contributed by atoms with van der Waals surface area (Å²) in [7, 11) is 0. The van der Waals surface area contributed by atoms with Crippen LogP contribution in [0.2, 0.25) is 0 Å². The van der Waals surface area contributed by atoms with Crippen LogP contribution in [0.1, 0.15) is 43.5 Å². The molecule has 0 aromatic heterocycles. The van der Waals surface area contributed by atoms with E-state index in [0.29, 0.717) is 12.0 Å². The molecule has 0 bridgehead atoms. The second-order valence-electron chi connectivity index (χ2n) is 5.48. The molecule has 1 aliphatic carbocycles. The van der Waals surface area contributed by atoms with Crippen molar-refractivity contribution in [2.75, 3.05) is 0 Å². The van der Waals surface area contributed by atoms with Crippen molar-refractivity contribution in [3.63, 3.8) is 0 Å². The quantitative estimate of drug-likeness (QED) is 0.879. The Kier molecular flexibility index (Phi) is 4.44. The lowest BCUT2D eigenvalue weighted by molar-refractivity contribution is 0.0899. The minimum absolute atomic E-state index is 0.0499. The van der Waals surface area contributed by atoms with Crippen molar-refractivity contribution in [2.24, 2.45) is 11.8 Å². The summed E-state index contributed by atoms with van der Waals surface area (Å²) in [6, 6.07) is 7.85. The lowest BCUT2D eigenvalue weighted by atomic mass is 9.80. The van der Waals surface area contributed by atoms with Gasteiger partial charge < -0.3 is 5.32 Å². The van der Waals surface area contributed by atoms with Gasteiger partial charge in [-0.3, -0.25) is 4.79 Å². The Morgan fingerprint density at radius 2 is 1.89 bits per heavy atom. The van der Waals surface area contributed by atoms with E-state index in [-0.39, 0.29) is 5.91 Å². The van der Waals surface area contributed by atoms with Gasteiger partial charge in [-0.05, 0) is 55.4 Å². The SMILES string of the molecule is CC1CCC(NC(=O)c2ccc(Br)cc2)C(C)C1. The molecule has 3 atom stereocenters. The molecule has 3 unspecified atom stereocenters. The van der Waals surface area contributed by atoms with Gasteiger partial charge in [-0.1, -0.05) is 29.8 Å². The van der Waals surface area contributed by atoms with E-state index in [1.807, 2.05) is 24.3 Å². The standard InChI is InChI=1S/C15H20BrNO/c1-10-3-8-14(11(2)9-10)17-15(18)12-4-6-13(16)7-5-12/h4-7,10-11,14H,3,8-9H2,1-2H3,(H,17,18). The zero-order chi connectivity index (χ0) is 13.1. The van der Waals surface area contributed by atoms with Crippen LogP contribution >= 0.6 is 15.9 Å². The van der Waals surface area contributed by atoms with Gasteiger partial charge in [0, 0.05) is 16.1 Å². The molecule has 0 spiro atoms. The number of amides is 1. The Labute approximate surface area is 117 Å². The average Bonchev–Trinajstić information content (AvgIpc) is 2.33. The molecule has 1 aliphatic rings. The summed E-state index contributed by atoms with van der Waals surface area (Å²) in [5, 5.41) is 3.17. The summed E-state index contributed by atoms with van der Waals surface area (Å²) in [5.74, 6) is 1.42. The van der Waals surface area contributed by atoms with Gasteiger partial charge in [0.2, 0.25) is 0 Å². The van der Waals surface area contributed by atoms with Gasteiger partial charge in [0.1, 0.15) is 0 Å². The Morgan fingerprint density at radius 1 is 1.22 bits per heavy atom. The monoisotopic (exact) mass is 309 g/mol. The van der Waals surface area contributed by atoms with Crippen molar-refractivity contribution in [1.82, 2.24) is 5.32 Å². The Bertz CT molecular complexity index is 415. The fraction of sp³-hybridized carbons (Fsp3) is 0.533. The summed E-state index contributed by atoms with van der Waals surface area (Å²) < 4.78 is 0.999. The highest BCUT2D eigenvalue weighted by Crippen LogP contribution is 2.28. The van der Waals surface area contributed by atoms with Gasteiger partial charge in [0.15, 0.2) is 0 Å². The second-order valence-corrected chi connectivity index (χ2v) is 6.40. The fourth-order valence-corrected chi connectivity index (χ4v) is 3.00. The van der Waals surface area contributed by atoms with Gasteiger partial charge in [0.25, 0.3) is 5.91 Å². The van der Waals surface area contributed by atoms with Crippen LogP contribution in [0.4, 0.5) is 0 Å². The number of hydrogen-bond donors (Lipinski definition) is 1. The predicted octanol–water partition coefficient (Wildman–Crippen LogP) is 4.00. The fourth-order valence-electron chi connectivity index (χ4n) is 2.73. The maximum Gasteiger partial charge on any atom is 0.251 e. The van der Waals surface area contributed by atoms with Crippen LogP contribution in [0.25, 0.3) is 0 Å². The molecule has 1 N–H and O–H groups in total. The predicted molar refractivity (Wildman–Crippen MR) is 77.6 cm³/mol. The average molecular weight is 310 g/mol. The van der Waals surface area contributed by atoms with E-state index >= 15 is 0 Å². The maximum absolute atomic E-state index is 12.1. The minimum Gasteiger partial charge on any atom is -0.349 e. The molecule has 2 nitrogen and oxygen atoms in total. The van der Waals surface area contributed by atoms with Gasteiger partial charge in [-0.15, -0.1) is 0 Å². The van der Waals surface area contributed by atoms with Gasteiger partial charge in [0.05, 0.1) is 0 Å². The number of hydrogen-bond acceptors (Lipinski definition) is 1. The summed E-state index contributed by atoms with van der Waals surface area (Å²) >= 11 is 3.38. The molecule has 0 aliphatic heterocycles. The Morgan fingerprint density at radius 3 is 2.50 bits per heavy atom. The second kappa shape index (κ2) is 5.87. The summed E-state index contributed by atoms with van der Waals surface area (Å²) in [6.07, 6.45) is 3.53. The number of carbonyl (C=O) groups is 1. The first-order valence-corrected chi connectivity index (χ1v) is 7.42. The number of halogens is 1. The molecule has 3 heteroatoms. The van der Waals surface area contributed by atoms with Gasteiger partial charge >= 0.3 is 0 Å². The lowest BCUT2D eigenvalue weighted by Crippen LogP contribution is -2.42. The van der Waals surface area contributed by atoms with Crippen molar-refractivity contribution in [1.29, 1.82) is 0 Å². The number of carbonyl (C=O) groups excluding carboxylic acids is 1. The first-order valence-electron chi connectivity index (χ1n) is 6.62. The van der Waals surface area contributed by atoms with Crippen LogP contribution in [0.15, 0.2) is 28.7 Å². The van der Waals surface area contributed by atoms with Crippen LogP contribution in [0.3, 0.4) is 0 Å². The third kappa shape index (κ3) is 3.35. The molecular formula is C15H20BrNO. The first kappa shape index (κ1) is 13.6. The van der Waals surface area contributed by atoms with E-state index in [1.54, 1.807) is 0 Å². The molecule has 1 fully saturated rings. The zero-order valence-corrected chi connectivity index (χ0v) is 12.5. The van der Waals surface area contributed by atoms with Gasteiger partial charge in [-0.25, -0.2) is 0 Å². The van der Waals surface area contributed by atoms with Gasteiger partial charge in [-0.2, -0.15) is 0 Å². The van der Waals surface area contributed by atoms with Crippen LogP contribution in [-0.2, 0) is 0 Å². The Hall–Kier alpha value is -0.830. The summed E-state index contributed by atoms with van der Waals surface area (Å²) in [6.45, 7) is 4.53. The molecule has 0 radical (unpaired) electrons. The van der Waals surface area contributed by atoms with Crippen LogP contribution in [0, 0.1) is 11.8 Å². The summed E-state index contributed by atoms with van der Waals surface area (Å²) in [4.78, 5) is 12.1. The highest BCUT2D eigenvalue weighted by molar-refractivity contribution is 9.10. The molecule has 18 heavy (non-hydrogen) atoms. The van der Waals surface area contributed by atoms with E-state index in [2.05, 4.69) is 35.1 Å². The third-order valence-electron chi connectivity index (χ3n) is 3.85. The van der Waals surface area contributed by atoms with Crippen LogP contribution in [0.5, 0.6) is 0 Å². The minimum atomic E-state index is 0.0499.